The van der Waals surface area contributed by atoms with Crippen molar-refractivity contribution in [2.75, 3.05) is 13.1 Å². The Bertz CT molecular complexity index is 1380. The number of nitrogens with zero attached hydrogens (tertiary/aromatic N) is 3. The molecule has 4 aromatic rings. The van der Waals surface area contributed by atoms with Crippen molar-refractivity contribution in [3.63, 3.8) is 0 Å². The van der Waals surface area contributed by atoms with Crippen LogP contribution in [0.1, 0.15) is 30.4 Å². The third-order valence-corrected chi connectivity index (χ3v) is 6.99. The summed E-state index contributed by atoms with van der Waals surface area (Å²) in [6.07, 6.45) is 3.07. The molecule has 1 aliphatic heterocycles. The summed E-state index contributed by atoms with van der Waals surface area (Å²) in [7, 11) is 0. The molecule has 0 fully saturated rings. The van der Waals surface area contributed by atoms with Crippen molar-refractivity contribution in [2.24, 2.45) is 0 Å². The number of aromatic nitrogens is 2. The predicted octanol–water partition coefficient (Wildman–Crippen LogP) is 5.41. The SMILES string of the molecule is O=C(O)N1CCC(n2c(=O)[nH]c3ccccc32)=C[C@@H]1CCCN(Cc1ccccc1)Cc1ccccc1. The molecule has 1 amide bonds. The van der Waals surface area contributed by atoms with Crippen molar-refractivity contribution in [1.82, 2.24) is 19.4 Å². The van der Waals surface area contributed by atoms with Gasteiger partial charge in [-0.1, -0.05) is 72.8 Å². The topological polar surface area (TPSA) is 81.6 Å². The number of carbonyl (C=O) groups is 1. The first kappa shape index (κ1) is 24.6. The Hall–Kier alpha value is -4.10. The van der Waals surface area contributed by atoms with E-state index < -0.39 is 6.09 Å². The summed E-state index contributed by atoms with van der Waals surface area (Å²) in [5.41, 5.74) is 4.77. The minimum atomic E-state index is -0.919. The van der Waals surface area contributed by atoms with Crippen molar-refractivity contribution in [3.05, 3.63) is 113 Å². The van der Waals surface area contributed by atoms with E-state index in [9.17, 15) is 14.7 Å². The normalized spacial score (nSPS) is 15.8. The van der Waals surface area contributed by atoms with Crippen LogP contribution >= 0.6 is 0 Å². The minimum Gasteiger partial charge on any atom is -0.465 e. The number of nitrogens with one attached hydrogen (secondary N) is 1. The molecule has 2 heterocycles. The largest absolute Gasteiger partial charge is 0.465 e. The average molecular weight is 497 g/mol. The summed E-state index contributed by atoms with van der Waals surface area (Å²) in [5.74, 6) is 0. The molecule has 7 heteroatoms. The van der Waals surface area contributed by atoms with Gasteiger partial charge in [0.1, 0.15) is 0 Å². The van der Waals surface area contributed by atoms with Gasteiger partial charge in [0, 0.05) is 31.8 Å². The first-order chi connectivity index (χ1) is 18.1. The van der Waals surface area contributed by atoms with Crippen LogP contribution in [0.4, 0.5) is 4.79 Å². The molecule has 1 atom stereocenters. The lowest BCUT2D eigenvalue weighted by molar-refractivity contribution is 0.128. The molecule has 0 bridgehead atoms. The standard InChI is InChI=1S/C30H32N4O3/c35-29-31-27-15-7-8-16-28(27)34(29)26-17-19-33(30(36)37)25(20-26)14-9-18-32(21-23-10-3-1-4-11-23)22-24-12-5-2-6-13-24/h1-8,10-13,15-16,20,25H,9,14,17-19,21-22H2,(H,31,35)(H,36,37)/t25-/m0/s1. The zero-order chi connectivity index (χ0) is 25.6. The number of hydrogen-bond donors (Lipinski definition) is 2. The van der Waals surface area contributed by atoms with E-state index in [1.807, 2.05) is 42.5 Å². The summed E-state index contributed by atoms with van der Waals surface area (Å²) in [4.78, 5) is 31.6. The van der Waals surface area contributed by atoms with E-state index in [4.69, 9.17) is 0 Å². The number of hydrogen-bond acceptors (Lipinski definition) is 3. The number of benzene rings is 3. The molecular formula is C30H32N4O3. The minimum absolute atomic E-state index is 0.188. The molecule has 5 rings (SSSR count). The van der Waals surface area contributed by atoms with Gasteiger partial charge < -0.3 is 15.0 Å². The Morgan fingerprint density at radius 3 is 2.19 bits per heavy atom. The molecule has 0 aliphatic carbocycles. The van der Waals surface area contributed by atoms with Crippen LogP contribution in [0.2, 0.25) is 0 Å². The van der Waals surface area contributed by atoms with Gasteiger partial charge in [0.25, 0.3) is 0 Å². The van der Waals surface area contributed by atoms with Crippen molar-refractivity contribution in [2.45, 2.75) is 38.4 Å². The lowest BCUT2D eigenvalue weighted by Gasteiger charge is -2.33. The van der Waals surface area contributed by atoms with Crippen LogP contribution in [0.3, 0.4) is 0 Å². The number of amides is 1. The van der Waals surface area contributed by atoms with Gasteiger partial charge in [0.2, 0.25) is 0 Å². The maximum atomic E-state index is 12.7. The van der Waals surface area contributed by atoms with Crippen LogP contribution in [-0.4, -0.2) is 49.7 Å². The molecule has 7 nitrogen and oxygen atoms in total. The molecule has 0 radical (unpaired) electrons. The number of imidazole rings is 1. The fourth-order valence-corrected chi connectivity index (χ4v) is 5.22. The lowest BCUT2D eigenvalue weighted by atomic mass is 10.0. The summed E-state index contributed by atoms with van der Waals surface area (Å²) < 4.78 is 1.69. The lowest BCUT2D eigenvalue weighted by Crippen LogP contribution is -2.43. The van der Waals surface area contributed by atoms with E-state index in [1.54, 1.807) is 4.57 Å². The second kappa shape index (κ2) is 11.3. The molecule has 0 unspecified atom stereocenters. The average Bonchev–Trinajstić information content (AvgIpc) is 3.25. The number of para-hydroxylation sites is 2. The van der Waals surface area contributed by atoms with Crippen LogP contribution in [0.5, 0.6) is 0 Å². The van der Waals surface area contributed by atoms with Gasteiger partial charge in [-0.15, -0.1) is 0 Å². The van der Waals surface area contributed by atoms with Gasteiger partial charge >= 0.3 is 11.8 Å². The monoisotopic (exact) mass is 496 g/mol. The van der Waals surface area contributed by atoms with Crippen molar-refractivity contribution in [3.8, 4) is 0 Å². The molecule has 37 heavy (non-hydrogen) atoms. The number of aromatic amines is 1. The van der Waals surface area contributed by atoms with E-state index in [2.05, 4.69) is 58.4 Å². The van der Waals surface area contributed by atoms with Crippen molar-refractivity contribution in [1.29, 1.82) is 0 Å². The summed E-state index contributed by atoms with van der Waals surface area (Å²) >= 11 is 0. The highest BCUT2D eigenvalue weighted by molar-refractivity contribution is 5.79. The van der Waals surface area contributed by atoms with Gasteiger partial charge in [-0.05, 0) is 48.7 Å². The number of H-pyrrole nitrogens is 1. The molecule has 0 saturated heterocycles. The molecule has 3 aromatic carbocycles. The van der Waals surface area contributed by atoms with Crippen molar-refractivity contribution < 1.29 is 9.90 Å². The van der Waals surface area contributed by atoms with Crippen LogP contribution in [-0.2, 0) is 13.1 Å². The number of rotatable bonds is 9. The highest BCUT2D eigenvalue weighted by Crippen LogP contribution is 2.25. The highest BCUT2D eigenvalue weighted by atomic mass is 16.4. The molecular weight excluding hydrogens is 464 g/mol. The highest BCUT2D eigenvalue weighted by Gasteiger charge is 2.27. The zero-order valence-electron chi connectivity index (χ0n) is 20.8. The number of carboxylic acid groups (broad SMARTS) is 1. The Balaban J connectivity index is 1.33. The smallest absolute Gasteiger partial charge is 0.407 e. The van der Waals surface area contributed by atoms with E-state index in [-0.39, 0.29) is 11.7 Å². The second-order valence-electron chi connectivity index (χ2n) is 9.56. The van der Waals surface area contributed by atoms with E-state index in [1.165, 1.54) is 16.0 Å². The third-order valence-electron chi connectivity index (χ3n) is 6.99. The van der Waals surface area contributed by atoms with E-state index >= 15 is 0 Å². The van der Waals surface area contributed by atoms with Gasteiger partial charge in [-0.3, -0.25) is 9.47 Å². The fraction of sp³-hybridized carbons (Fsp3) is 0.267. The molecule has 0 saturated carbocycles. The van der Waals surface area contributed by atoms with E-state index in [0.29, 0.717) is 19.4 Å². The molecule has 1 aliphatic rings. The maximum Gasteiger partial charge on any atom is 0.407 e. The van der Waals surface area contributed by atoms with Crippen LogP contribution in [0, 0.1) is 0 Å². The second-order valence-corrected chi connectivity index (χ2v) is 9.56. The predicted molar refractivity (Wildman–Crippen MR) is 146 cm³/mol. The van der Waals surface area contributed by atoms with Gasteiger partial charge in [-0.2, -0.15) is 0 Å². The Kier molecular flexibility index (Phi) is 7.51. The van der Waals surface area contributed by atoms with Crippen LogP contribution in [0.25, 0.3) is 16.7 Å². The Morgan fingerprint density at radius 2 is 1.54 bits per heavy atom. The number of fused-ring (bicyclic) bond motifs is 1. The maximum absolute atomic E-state index is 12.7. The summed E-state index contributed by atoms with van der Waals surface area (Å²) in [5, 5.41) is 9.86. The van der Waals surface area contributed by atoms with Crippen molar-refractivity contribution >= 4 is 22.8 Å². The van der Waals surface area contributed by atoms with Gasteiger partial charge in [0.15, 0.2) is 0 Å². The van der Waals surface area contributed by atoms with E-state index in [0.717, 1.165) is 42.8 Å². The molecule has 190 valence electrons. The first-order valence-electron chi connectivity index (χ1n) is 12.8. The fourth-order valence-electron chi connectivity index (χ4n) is 5.22. The Labute approximate surface area is 216 Å². The van der Waals surface area contributed by atoms with Gasteiger partial charge in [-0.25, -0.2) is 9.59 Å². The first-order valence-corrected chi connectivity index (χ1v) is 12.8. The quantitative estimate of drug-likeness (QED) is 0.325. The molecule has 0 spiro atoms. The zero-order valence-corrected chi connectivity index (χ0v) is 20.8. The van der Waals surface area contributed by atoms with Crippen LogP contribution < -0.4 is 5.69 Å². The summed E-state index contributed by atoms with van der Waals surface area (Å²) in [6, 6.07) is 28.1. The third kappa shape index (κ3) is 5.84. The van der Waals surface area contributed by atoms with Crippen LogP contribution in [0.15, 0.2) is 95.8 Å². The van der Waals surface area contributed by atoms with Gasteiger partial charge in [0.05, 0.1) is 17.1 Å². The molecule has 1 aromatic heterocycles. The Morgan fingerprint density at radius 1 is 0.919 bits per heavy atom. The summed E-state index contributed by atoms with van der Waals surface area (Å²) in [6.45, 7) is 2.86. The molecule has 2 N–H and O–H groups in total.